The molecule has 0 heterocycles. The highest BCUT2D eigenvalue weighted by Gasteiger charge is 2.28. The zero-order valence-electron chi connectivity index (χ0n) is 10.3. The van der Waals surface area contributed by atoms with Crippen LogP contribution in [0.4, 0.5) is 0 Å². The second-order valence-electron chi connectivity index (χ2n) is 3.52. The molecular formula is C13H15ClO4. The third kappa shape index (κ3) is 4.04. The monoisotopic (exact) mass is 270 g/mol. The van der Waals surface area contributed by atoms with Crippen molar-refractivity contribution in [3.63, 3.8) is 0 Å². The summed E-state index contributed by atoms with van der Waals surface area (Å²) in [6.45, 7) is 3.55. The van der Waals surface area contributed by atoms with Gasteiger partial charge in [0.2, 0.25) is 0 Å². The van der Waals surface area contributed by atoms with Crippen molar-refractivity contribution in [1.82, 2.24) is 0 Å². The first kappa shape index (κ1) is 14.5. The predicted octanol–water partition coefficient (Wildman–Crippen LogP) is 2.63. The average molecular weight is 271 g/mol. The zero-order chi connectivity index (χ0) is 13.5. The van der Waals surface area contributed by atoms with Crippen LogP contribution in [0.5, 0.6) is 5.75 Å². The Morgan fingerprint density at radius 2 is 1.83 bits per heavy atom. The summed E-state index contributed by atoms with van der Waals surface area (Å²) in [5, 5.41) is 0.553. The highest BCUT2D eigenvalue weighted by molar-refractivity contribution is 6.30. The number of carbonyl (C=O) groups is 2. The van der Waals surface area contributed by atoms with Gasteiger partial charge in [0.05, 0.1) is 6.61 Å². The van der Waals surface area contributed by atoms with E-state index in [0.717, 1.165) is 0 Å². The lowest BCUT2D eigenvalue weighted by Gasteiger charge is -2.15. The van der Waals surface area contributed by atoms with Crippen LogP contribution in [-0.4, -0.2) is 24.5 Å². The molecule has 1 atom stereocenters. The molecule has 0 amide bonds. The van der Waals surface area contributed by atoms with Gasteiger partial charge in [-0.15, -0.1) is 0 Å². The minimum Gasteiger partial charge on any atom is -0.471 e. The topological polar surface area (TPSA) is 52.6 Å². The number of halogens is 1. The van der Waals surface area contributed by atoms with Crippen molar-refractivity contribution in [3.8, 4) is 5.75 Å². The number of benzene rings is 1. The molecular weight excluding hydrogens is 256 g/mol. The van der Waals surface area contributed by atoms with Crippen LogP contribution in [0.1, 0.15) is 20.3 Å². The Kier molecular flexibility index (Phi) is 5.65. The molecule has 0 radical (unpaired) electrons. The van der Waals surface area contributed by atoms with Gasteiger partial charge in [-0.05, 0) is 31.2 Å². The molecule has 1 rings (SSSR count). The Morgan fingerprint density at radius 1 is 1.22 bits per heavy atom. The SMILES string of the molecule is CCOC(=O)C(Oc1ccc(Cl)cc1)C(=O)CC. The van der Waals surface area contributed by atoms with E-state index in [1.54, 1.807) is 38.1 Å². The van der Waals surface area contributed by atoms with Gasteiger partial charge in [0.1, 0.15) is 5.75 Å². The number of hydrogen-bond donors (Lipinski definition) is 0. The summed E-state index contributed by atoms with van der Waals surface area (Å²) in [6.07, 6.45) is -1.01. The number of carbonyl (C=O) groups excluding carboxylic acids is 2. The summed E-state index contributed by atoms with van der Waals surface area (Å²) < 4.78 is 10.2. The quantitative estimate of drug-likeness (QED) is 0.589. The molecule has 0 aliphatic heterocycles. The molecule has 1 aromatic rings. The van der Waals surface area contributed by atoms with Gasteiger partial charge in [-0.1, -0.05) is 18.5 Å². The average Bonchev–Trinajstić information content (AvgIpc) is 2.37. The standard InChI is InChI=1S/C13H15ClO4/c1-3-11(15)12(13(16)17-4-2)18-10-7-5-9(14)6-8-10/h5-8,12H,3-4H2,1-2H3. The van der Waals surface area contributed by atoms with Crippen LogP contribution in [0, 0.1) is 0 Å². The van der Waals surface area contributed by atoms with E-state index >= 15 is 0 Å². The lowest BCUT2D eigenvalue weighted by Crippen LogP contribution is -2.36. The molecule has 0 aromatic heterocycles. The largest absolute Gasteiger partial charge is 0.471 e. The fraction of sp³-hybridized carbons (Fsp3) is 0.385. The first-order chi connectivity index (χ1) is 8.58. The van der Waals surface area contributed by atoms with Gasteiger partial charge in [0.25, 0.3) is 6.10 Å². The summed E-state index contributed by atoms with van der Waals surface area (Å²) in [4.78, 5) is 23.3. The molecule has 0 saturated carbocycles. The summed E-state index contributed by atoms with van der Waals surface area (Å²) in [5.74, 6) is -0.582. The predicted molar refractivity (Wildman–Crippen MR) is 67.8 cm³/mol. The van der Waals surface area contributed by atoms with Crippen LogP contribution >= 0.6 is 11.6 Å². The molecule has 0 aliphatic rings. The Hall–Kier alpha value is -1.55. The normalized spacial score (nSPS) is 11.7. The maximum absolute atomic E-state index is 11.6. The van der Waals surface area contributed by atoms with Crippen molar-refractivity contribution in [2.45, 2.75) is 26.4 Å². The van der Waals surface area contributed by atoms with Gasteiger partial charge in [0.15, 0.2) is 5.78 Å². The second kappa shape index (κ2) is 7.01. The van der Waals surface area contributed by atoms with Crippen molar-refractivity contribution in [3.05, 3.63) is 29.3 Å². The highest BCUT2D eigenvalue weighted by Crippen LogP contribution is 2.17. The molecule has 18 heavy (non-hydrogen) atoms. The van der Waals surface area contributed by atoms with Crippen LogP contribution in [0.15, 0.2) is 24.3 Å². The summed E-state index contributed by atoms with van der Waals surface area (Å²) in [5.41, 5.74) is 0. The Labute approximate surface area is 111 Å². The third-order valence-electron chi connectivity index (χ3n) is 2.21. The first-order valence-corrected chi connectivity index (χ1v) is 6.07. The van der Waals surface area contributed by atoms with Gasteiger partial charge < -0.3 is 9.47 Å². The van der Waals surface area contributed by atoms with E-state index in [1.165, 1.54) is 0 Å². The summed E-state index contributed by atoms with van der Waals surface area (Å²) >= 11 is 5.74. The van der Waals surface area contributed by atoms with Crippen molar-refractivity contribution in [2.75, 3.05) is 6.61 Å². The molecule has 0 aliphatic carbocycles. The van der Waals surface area contributed by atoms with Crippen LogP contribution in [-0.2, 0) is 14.3 Å². The van der Waals surface area contributed by atoms with Crippen LogP contribution < -0.4 is 4.74 Å². The molecule has 0 fully saturated rings. The molecule has 4 nitrogen and oxygen atoms in total. The van der Waals surface area contributed by atoms with E-state index in [-0.39, 0.29) is 18.8 Å². The molecule has 0 bridgehead atoms. The van der Waals surface area contributed by atoms with Crippen molar-refractivity contribution in [2.24, 2.45) is 0 Å². The summed E-state index contributed by atoms with van der Waals surface area (Å²) in [6, 6.07) is 6.43. The number of ketones is 1. The van der Waals surface area contributed by atoms with Gasteiger partial charge in [-0.2, -0.15) is 0 Å². The lowest BCUT2D eigenvalue weighted by molar-refractivity contribution is -0.155. The fourth-order valence-corrected chi connectivity index (χ4v) is 1.42. The zero-order valence-corrected chi connectivity index (χ0v) is 11.1. The highest BCUT2D eigenvalue weighted by atomic mass is 35.5. The Morgan fingerprint density at radius 3 is 2.33 bits per heavy atom. The van der Waals surface area contributed by atoms with Gasteiger partial charge in [-0.25, -0.2) is 4.79 Å². The van der Waals surface area contributed by atoms with Gasteiger partial charge >= 0.3 is 5.97 Å². The number of esters is 1. The Bertz CT molecular complexity index is 414. The third-order valence-corrected chi connectivity index (χ3v) is 2.46. The van der Waals surface area contributed by atoms with Crippen LogP contribution in [0.25, 0.3) is 0 Å². The van der Waals surface area contributed by atoms with E-state index in [4.69, 9.17) is 21.1 Å². The summed E-state index contributed by atoms with van der Waals surface area (Å²) in [7, 11) is 0. The molecule has 5 heteroatoms. The van der Waals surface area contributed by atoms with E-state index < -0.39 is 12.1 Å². The van der Waals surface area contributed by atoms with E-state index in [9.17, 15) is 9.59 Å². The van der Waals surface area contributed by atoms with Crippen molar-refractivity contribution in [1.29, 1.82) is 0 Å². The number of rotatable bonds is 6. The second-order valence-corrected chi connectivity index (χ2v) is 3.96. The van der Waals surface area contributed by atoms with E-state index in [1.807, 2.05) is 0 Å². The van der Waals surface area contributed by atoms with E-state index in [2.05, 4.69) is 0 Å². The lowest BCUT2D eigenvalue weighted by atomic mass is 10.2. The maximum atomic E-state index is 11.6. The minimum atomic E-state index is -1.21. The van der Waals surface area contributed by atoms with Gasteiger partial charge in [-0.3, -0.25) is 4.79 Å². The fourth-order valence-electron chi connectivity index (χ4n) is 1.30. The molecule has 0 N–H and O–H groups in total. The van der Waals surface area contributed by atoms with Crippen LogP contribution in [0.2, 0.25) is 5.02 Å². The van der Waals surface area contributed by atoms with Gasteiger partial charge in [0, 0.05) is 11.4 Å². The minimum absolute atomic E-state index is 0.205. The molecule has 0 saturated heterocycles. The molecule has 1 unspecified atom stereocenters. The van der Waals surface area contributed by atoms with Crippen molar-refractivity contribution >= 4 is 23.4 Å². The number of ether oxygens (including phenoxy) is 2. The molecule has 1 aromatic carbocycles. The maximum Gasteiger partial charge on any atom is 0.355 e. The number of Topliss-reactive ketones (excluding diaryl/α,β-unsaturated/α-hetero) is 1. The van der Waals surface area contributed by atoms with E-state index in [0.29, 0.717) is 10.8 Å². The smallest absolute Gasteiger partial charge is 0.355 e. The molecule has 0 spiro atoms. The van der Waals surface area contributed by atoms with Crippen LogP contribution in [0.3, 0.4) is 0 Å². The Balaban J connectivity index is 2.81. The molecule has 98 valence electrons. The number of hydrogen-bond acceptors (Lipinski definition) is 4. The first-order valence-electron chi connectivity index (χ1n) is 5.70. The van der Waals surface area contributed by atoms with Crippen molar-refractivity contribution < 1.29 is 19.1 Å².